The number of nitrogens with zero attached hydrogens (tertiary/aromatic N) is 3. The lowest BCUT2D eigenvalue weighted by atomic mass is 10.1. The van der Waals surface area contributed by atoms with Crippen molar-refractivity contribution in [2.24, 2.45) is 5.92 Å². The van der Waals surface area contributed by atoms with Crippen LogP contribution in [0.3, 0.4) is 0 Å². The van der Waals surface area contributed by atoms with Crippen molar-refractivity contribution in [2.75, 3.05) is 11.9 Å². The first-order valence-corrected chi connectivity index (χ1v) is 16.1. The summed E-state index contributed by atoms with van der Waals surface area (Å²) >= 11 is 0. The van der Waals surface area contributed by atoms with Gasteiger partial charge >= 0.3 is 5.97 Å². The highest BCUT2D eigenvalue weighted by Crippen LogP contribution is 2.42. The van der Waals surface area contributed by atoms with E-state index in [0.717, 1.165) is 0 Å². The number of fused-ring (bicyclic) bond motifs is 1. The fourth-order valence-corrected chi connectivity index (χ4v) is 5.38. The van der Waals surface area contributed by atoms with Crippen LogP contribution in [0.15, 0.2) is 41.5 Å². The molecule has 0 spiro atoms. The molecular formula is C27H37N5O7Si. The zero-order valence-electron chi connectivity index (χ0n) is 23.8. The van der Waals surface area contributed by atoms with Gasteiger partial charge in [0.1, 0.15) is 12.2 Å². The average Bonchev–Trinajstić information content (AvgIpc) is 3.45. The van der Waals surface area contributed by atoms with Crippen LogP contribution in [-0.2, 0) is 18.7 Å². The van der Waals surface area contributed by atoms with E-state index in [0.29, 0.717) is 5.56 Å². The maximum absolute atomic E-state index is 13.2. The van der Waals surface area contributed by atoms with E-state index in [2.05, 4.69) is 54.1 Å². The minimum absolute atomic E-state index is 0.00796. The number of hydrogen-bond acceptors (Lipinski definition) is 9. The van der Waals surface area contributed by atoms with Crippen LogP contribution in [0.4, 0.5) is 5.95 Å². The highest BCUT2D eigenvalue weighted by atomic mass is 28.4. The van der Waals surface area contributed by atoms with Crippen LogP contribution in [-0.4, -0.2) is 69.7 Å². The second-order valence-corrected chi connectivity index (χ2v) is 16.5. The lowest BCUT2D eigenvalue weighted by Crippen LogP contribution is -2.50. The number of esters is 1. The molecule has 1 aliphatic rings. The second-order valence-electron chi connectivity index (χ2n) is 11.7. The Bertz CT molecular complexity index is 1430. The largest absolute Gasteiger partial charge is 0.451 e. The monoisotopic (exact) mass is 571 g/mol. The van der Waals surface area contributed by atoms with E-state index in [4.69, 9.17) is 13.9 Å². The lowest BCUT2D eigenvalue weighted by molar-refractivity contribution is -0.118. The highest BCUT2D eigenvalue weighted by molar-refractivity contribution is 6.74. The third-order valence-corrected chi connectivity index (χ3v) is 11.9. The Morgan fingerprint density at radius 1 is 1.20 bits per heavy atom. The average molecular weight is 572 g/mol. The minimum atomic E-state index is -2.44. The number of aliphatic hydroxyl groups excluding tert-OH is 1. The van der Waals surface area contributed by atoms with Gasteiger partial charge in [0, 0.05) is 5.92 Å². The Morgan fingerprint density at radius 2 is 1.88 bits per heavy atom. The molecule has 4 rings (SSSR count). The van der Waals surface area contributed by atoms with Gasteiger partial charge in [-0.25, -0.2) is 9.78 Å². The van der Waals surface area contributed by atoms with Crippen LogP contribution in [0.5, 0.6) is 0 Å². The Morgan fingerprint density at radius 3 is 2.48 bits per heavy atom. The normalized spacial score (nSPS) is 21.6. The van der Waals surface area contributed by atoms with E-state index >= 15 is 0 Å². The number of hydrogen-bond donors (Lipinski definition) is 3. The molecule has 0 bridgehead atoms. The van der Waals surface area contributed by atoms with Gasteiger partial charge in [-0.1, -0.05) is 52.8 Å². The van der Waals surface area contributed by atoms with Crippen molar-refractivity contribution in [2.45, 2.75) is 77.3 Å². The molecule has 3 aromatic rings. The number of aliphatic hydroxyl groups is 1. The van der Waals surface area contributed by atoms with Crippen molar-refractivity contribution in [3.8, 4) is 0 Å². The first-order valence-electron chi connectivity index (χ1n) is 13.2. The summed E-state index contributed by atoms with van der Waals surface area (Å²) < 4.78 is 20.4. The number of aromatic amines is 1. The highest BCUT2D eigenvalue weighted by Gasteiger charge is 2.53. The summed E-state index contributed by atoms with van der Waals surface area (Å²) in [6.45, 7) is 13.4. The standard InChI is InChI=1S/C27H37N5O7Si/c1-15(2)22(34)30-26-29-21-18(23(35)31-26)28-14-32(21)24-20(38-25(36)16-11-9-8-10-12-16)19(17(13-33)37-24)39-40(6,7)27(3,4)5/h8-12,14-15,17,19-20,24,33H,13H2,1-7H3,(H2,29,30,31,34,35)/t17-,19?,20?,24-/m1/s1. The summed E-state index contributed by atoms with van der Waals surface area (Å²) in [5.74, 6) is -1.32. The molecule has 4 atom stereocenters. The molecule has 3 heterocycles. The third-order valence-electron chi connectivity index (χ3n) is 7.43. The molecule has 2 unspecified atom stereocenters. The van der Waals surface area contributed by atoms with E-state index in [1.807, 2.05) is 0 Å². The number of carbonyl (C=O) groups excluding carboxylic acids is 2. The molecule has 12 nitrogen and oxygen atoms in total. The number of nitrogens with one attached hydrogen (secondary N) is 2. The van der Waals surface area contributed by atoms with E-state index in [1.165, 1.54) is 10.9 Å². The number of anilines is 1. The third kappa shape index (κ3) is 5.87. The zero-order chi connectivity index (χ0) is 29.4. The molecule has 13 heteroatoms. The van der Waals surface area contributed by atoms with E-state index in [9.17, 15) is 19.5 Å². The summed E-state index contributed by atoms with van der Waals surface area (Å²) in [5, 5.41) is 12.7. The minimum Gasteiger partial charge on any atom is -0.451 e. The summed E-state index contributed by atoms with van der Waals surface area (Å²) in [5.41, 5.74) is -0.109. The van der Waals surface area contributed by atoms with Gasteiger partial charge in [-0.2, -0.15) is 4.98 Å². The molecule has 0 saturated carbocycles. The number of imidazole rings is 1. The molecule has 0 radical (unpaired) electrons. The number of aromatic nitrogens is 4. The molecular weight excluding hydrogens is 534 g/mol. The number of amides is 1. The maximum atomic E-state index is 13.2. The SMILES string of the molecule is CC(C)C(=O)Nc1nc2c(ncn2[C@@H]2O[C@H](CO)C(O[Si](C)(C)C(C)(C)C)C2OC(=O)c2ccccc2)c(=O)[nH]1. The van der Waals surface area contributed by atoms with E-state index < -0.39 is 51.0 Å². The first-order chi connectivity index (χ1) is 18.7. The molecule has 1 aromatic carbocycles. The van der Waals surface area contributed by atoms with Gasteiger partial charge < -0.3 is 19.0 Å². The van der Waals surface area contributed by atoms with Gasteiger partial charge in [-0.05, 0) is 30.3 Å². The van der Waals surface area contributed by atoms with Gasteiger partial charge in [-0.3, -0.25) is 24.5 Å². The van der Waals surface area contributed by atoms with Crippen molar-refractivity contribution in [1.29, 1.82) is 0 Å². The van der Waals surface area contributed by atoms with Crippen molar-refractivity contribution in [3.63, 3.8) is 0 Å². The van der Waals surface area contributed by atoms with Crippen molar-refractivity contribution in [3.05, 3.63) is 52.6 Å². The number of carbonyl (C=O) groups is 2. The molecule has 40 heavy (non-hydrogen) atoms. The van der Waals surface area contributed by atoms with Crippen LogP contribution in [0.1, 0.15) is 51.2 Å². The van der Waals surface area contributed by atoms with Gasteiger partial charge in [-0.15, -0.1) is 0 Å². The second kappa shape index (κ2) is 11.2. The molecule has 216 valence electrons. The van der Waals surface area contributed by atoms with Crippen LogP contribution in [0.2, 0.25) is 18.1 Å². The van der Waals surface area contributed by atoms with Crippen molar-refractivity contribution >= 4 is 37.3 Å². The number of rotatable bonds is 8. The van der Waals surface area contributed by atoms with Gasteiger partial charge in [0.25, 0.3) is 5.56 Å². The van der Waals surface area contributed by atoms with Crippen LogP contribution >= 0.6 is 0 Å². The maximum Gasteiger partial charge on any atom is 0.338 e. The fourth-order valence-electron chi connectivity index (χ4n) is 4.06. The van der Waals surface area contributed by atoms with Gasteiger partial charge in [0.15, 0.2) is 31.8 Å². The molecule has 1 fully saturated rings. The molecule has 1 aliphatic heterocycles. The Labute approximate surface area is 233 Å². The lowest BCUT2D eigenvalue weighted by Gasteiger charge is -2.40. The summed E-state index contributed by atoms with van der Waals surface area (Å²) in [6.07, 6.45) is -2.35. The molecule has 2 aromatic heterocycles. The summed E-state index contributed by atoms with van der Waals surface area (Å²) in [6, 6.07) is 8.52. The van der Waals surface area contributed by atoms with Crippen LogP contribution in [0.25, 0.3) is 11.2 Å². The van der Waals surface area contributed by atoms with Gasteiger partial charge in [0.2, 0.25) is 11.9 Å². The Balaban J connectivity index is 1.79. The van der Waals surface area contributed by atoms with E-state index in [1.54, 1.807) is 44.2 Å². The predicted octanol–water partition coefficient (Wildman–Crippen LogP) is 3.22. The topological polar surface area (TPSA) is 158 Å². The number of H-pyrrole nitrogens is 1. The Kier molecular flexibility index (Phi) is 8.31. The summed E-state index contributed by atoms with van der Waals surface area (Å²) in [4.78, 5) is 49.5. The molecule has 1 saturated heterocycles. The smallest absolute Gasteiger partial charge is 0.338 e. The number of ether oxygens (including phenoxy) is 2. The van der Waals surface area contributed by atoms with Crippen LogP contribution < -0.4 is 10.9 Å². The molecule has 1 amide bonds. The fraction of sp³-hybridized carbons (Fsp3) is 0.519. The van der Waals surface area contributed by atoms with Crippen LogP contribution in [0, 0.1) is 5.92 Å². The summed E-state index contributed by atoms with van der Waals surface area (Å²) in [7, 11) is -2.44. The first kappa shape index (κ1) is 29.6. The predicted molar refractivity (Wildman–Crippen MR) is 150 cm³/mol. The van der Waals surface area contributed by atoms with Gasteiger partial charge in [0.05, 0.1) is 18.5 Å². The quantitative estimate of drug-likeness (QED) is 0.273. The molecule has 3 N–H and O–H groups in total. The zero-order valence-corrected chi connectivity index (χ0v) is 24.8. The van der Waals surface area contributed by atoms with Crippen molar-refractivity contribution < 1.29 is 28.6 Å². The molecule has 0 aliphatic carbocycles. The number of benzene rings is 1. The van der Waals surface area contributed by atoms with E-state index in [-0.39, 0.29) is 34.0 Å². The van der Waals surface area contributed by atoms with Crippen molar-refractivity contribution in [1.82, 2.24) is 19.5 Å². The Hall–Kier alpha value is -3.39.